The lowest BCUT2D eigenvalue weighted by Gasteiger charge is -2.43. The van der Waals surface area contributed by atoms with Crippen LogP contribution in [0, 0.1) is 0 Å². The smallest absolute Gasteiger partial charge is 0.272 e. The third-order valence-corrected chi connectivity index (χ3v) is 7.15. The van der Waals surface area contributed by atoms with Crippen molar-refractivity contribution in [3.63, 3.8) is 0 Å². The van der Waals surface area contributed by atoms with Gasteiger partial charge in [-0.15, -0.1) is 0 Å². The summed E-state index contributed by atoms with van der Waals surface area (Å²) in [5, 5.41) is 8.37. The molecular weight excluding hydrogens is 411 g/mol. The van der Waals surface area contributed by atoms with Crippen LogP contribution in [0.3, 0.4) is 0 Å². The van der Waals surface area contributed by atoms with Gasteiger partial charge in [-0.05, 0) is 43.4 Å². The van der Waals surface area contributed by atoms with Gasteiger partial charge in [0.25, 0.3) is 15.9 Å². The number of carbonyl (C=O) groups is 1. The van der Waals surface area contributed by atoms with Gasteiger partial charge in [0, 0.05) is 28.2 Å². The summed E-state index contributed by atoms with van der Waals surface area (Å²) in [5.41, 5.74) is 0.609. The number of nitrogens with one attached hydrogen (secondary N) is 2. The monoisotopic (exact) mass is 428 g/mol. The number of carbonyl (C=O) groups excluding carboxylic acids is 1. The first kappa shape index (κ1) is 18.7. The fraction of sp³-hybridized carbons (Fsp3) is 0.412. The summed E-state index contributed by atoms with van der Waals surface area (Å²) in [5.74, 6) is -0.378. The van der Waals surface area contributed by atoms with Gasteiger partial charge in [0.1, 0.15) is 0 Å². The lowest BCUT2D eigenvalue weighted by atomic mass is 9.72. The zero-order valence-electron chi connectivity index (χ0n) is 14.3. The molecule has 1 aromatic carbocycles. The van der Waals surface area contributed by atoms with E-state index in [1.165, 1.54) is 10.7 Å². The Bertz CT molecular complexity index is 1020. The molecule has 2 aromatic rings. The SMILES string of the molecule is O=C(NC1(Cc2ccc(Cl)cc2Cl)CCC1)c1cc2n(n1)CCNS2(=O)=O. The Morgan fingerprint density at radius 3 is 2.70 bits per heavy atom. The highest BCUT2D eigenvalue weighted by Crippen LogP contribution is 2.37. The maximum absolute atomic E-state index is 12.8. The lowest BCUT2D eigenvalue weighted by Crippen LogP contribution is -2.55. The summed E-state index contributed by atoms with van der Waals surface area (Å²) in [4.78, 5) is 12.8. The molecule has 1 fully saturated rings. The molecule has 1 aliphatic carbocycles. The van der Waals surface area contributed by atoms with Crippen LogP contribution >= 0.6 is 23.2 Å². The minimum atomic E-state index is -3.61. The molecular formula is C17H18Cl2N4O3S. The standard InChI is InChI=1S/C17H18Cl2N4O3S/c18-12-3-2-11(13(19)8-12)10-17(4-1-5-17)21-16(24)14-9-15-23(22-14)7-6-20-27(15,25)26/h2-3,8-9,20H,1,4-7,10H2,(H,21,24). The first-order valence-corrected chi connectivity index (χ1v) is 10.9. The number of aromatic nitrogens is 2. The minimum absolute atomic E-state index is 0.0160. The highest BCUT2D eigenvalue weighted by Gasteiger charge is 2.40. The van der Waals surface area contributed by atoms with Crippen LogP contribution < -0.4 is 10.0 Å². The topological polar surface area (TPSA) is 93.1 Å². The van der Waals surface area contributed by atoms with E-state index in [0.29, 0.717) is 23.0 Å². The van der Waals surface area contributed by atoms with Crippen LogP contribution in [0.5, 0.6) is 0 Å². The van der Waals surface area contributed by atoms with Crippen molar-refractivity contribution in [2.24, 2.45) is 0 Å². The summed E-state index contributed by atoms with van der Waals surface area (Å²) in [6.07, 6.45) is 3.24. The second-order valence-electron chi connectivity index (χ2n) is 6.99. The average molecular weight is 429 g/mol. The molecule has 2 aliphatic rings. The fourth-order valence-electron chi connectivity index (χ4n) is 3.53. The van der Waals surface area contributed by atoms with E-state index in [0.717, 1.165) is 24.8 Å². The van der Waals surface area contributed by atoms with Crippen molar-refractivity contribution in [1.82, 2.24) is 19.8 Å². The molecule has 0 bridgehead atoms. The van der Waals surface area contributed by atoms with Crippen LogP contribution in [-0.4, -0.2) is 36.2 Å². The molecule has 0 spiro atoms. The Balaban J connectivity index is 1.55. The van der Waals surface area contributed by atoms with E-state index < -0.39 is 15.6 Å². The van der Waals surface area contributed by atoms with E-state index in [9.17, 15) is 13.2 Å². The predicted octanol–water partition coefficient (Wildman–Crippen LogP) is 2.38. The Hall–Kier alpha value is -1.61. The summed E-state index contributed by atoms with van der Waals surface area (Å²) >= 11 is 12.2. The third-order valence-electron chi connectivity index (χ3n) is 5.10. The van der Waals surface area contributed by atoms with Gasteiger partial charge in [-0.25, -0.2) is 13.1 Å². The molecule has 144 valence electrons. The highest BCUT2D eigenvalue weighted by molar-refractivity contribution is 7.89. The first-order valence-electron chi connectivity index (χ1n) is 8.62. The van der Waals surface area contributed by atoms with Gasteiger partial charge in [0.2, 0.25) is 0 Å². The summed E-state index contributed by atoms with van der Waals surface area (Å²) in [7, 11) is -3.61. The minimum Gasteiger partial charge on any atom is -0.345 e. The van der Waals surface area contributed by atoms with Gasteiger partial charge in [-0.2, -0.15) is 5.10 Å². The van der Waals surface area contributed by atoms with E-state index in [4.69, 9.17) is 23.2 Å². The fourth-order valence-corrected chi connectivity index (χ4v) is 5.19. The number of hydrogen-bond acceptors (Lipinski definition) is 4. The second-order valence-corrected chi connectivity index (χ2v) is 9.55. The largest absolute Gasteiger partial charge is 0.345 e. The number of rotatable bonds is 4. The molecule has 1 saturated carbocycles. The maximum atomic E-state index is 12.8. The number of sulfonamides is 1. The molecule has 1 aliphatic heterocycles. The van der Waals surface area contributed by atoms with Crippen LogP contribution in [0.2, 0.25) is 10.0 Å². The second kappa shape index (κ2) is 6.77. The lowest BCUT2D eigenvalue weighted by molar-refractivity contribution is 0.0820. The molecule has 2 heterocycles. The Morgan fingerprint density at radius 1 is 1.30 bits per heavy atom. The van der Waals surface area contributed by atoms with Crippen molar-refractivity contribution in [3.8, 4) is 0 Å². The van der Waals surface area contributed by atoms with Crippen LogP contribution in [0.1, 0.15) is 35.3 Å². The third kappa shape index (κ3) is 3.59. The van der Waals surface area contributed by atoms with Gasteiger partial charge >= 0.3 is 0 Å². The molecule has 1 amide bonds. The maximum Gasteiger partial charge on any atom is 0.272 e. The molecule has 0 saturated heterocycles. The number of amides is 1. The summed E-state index contributed by atoms with van der Waals surface area (Å²) in [6.45, 7) is 0.657. The zero-order chi connectivity index (χ0) is 19.2. The number of benzene rings is 1. The van der Waals surface area contributed by atoms with Gasteiger partial charge in [-0.1, -0.05) is 29.3 Å². The summed E-state index contributed by atoms with van der Waals surface area (Å²) < 4.78 is 27.9. The molecule has 0 unspecified atom stereocenters. The first-order chi connectivity index (χ1) is 12.8. The van der Waals surface area contributed by atoms with E-state index >= 15 is 0 Å². The number of fused-ring (bicyclic) bond motifs is 1. The Labute approximate surface area is 167 Å². The molecule has 7 nitrogen and oxygen atoms in total. The van der Waals surface area contributed by atoms with Crippen LogP contribution in [0.25, 0.3) is 0 Å². The van der Waals surface area contributed by atoms with E-state index in [1.807, 2.05) is 6.07 Å². The van der Waals surface area contributed by atoms with Crippen molar-refractivity contribution in [1.29, 1.82) is 0 Å². The van der Waals surface area contributed by atoms with Gasteiger partial charge in [0.15, 0.2) is 10.7 Å². The normalized spacial score (nSPS) is 19.8. The van der Waals surface area contributed by atoms with Gasteiger partial charge < -0.3 is 5.32 Å². The molecule has 0 radical (unpaired) electrons. The molecule has 27 heavy (non-hydrogen) atoms. The molecule has 4 rings (SSSR count). The van der Waals surface area contributed by atoms with Crippen LogP contribution in [0.15, 0.2) is 29.3 Å². The molecule has 1 aromatic heterocycles. The molecule has 2 N–H and O–H groups in total. The number of hydrogen-bond donors (Lipinski definition) is 2. The molecule has 0 atom stereocenters. The van der Waals surface area contributed by atoms with Gasteiger partial charge in [-0.3, -0.25) is 9.48 Å². The van der Waals surface area contributed by atoms with E-state index in [1.54, 1.807) is 12.1 Å². The number of halogens is 2. The van der Waals surface area contributed by atoms with Crippen molar-refractivity contribution >= 4 is 39.1 Å². The number of nitrogens with zero attached hydrogens (tertiary/aromatic N) is 2. The van der Waals surface area contributed by atoms with Crippen molar-refractivity contribution in [2.75, 3.05) is 6.54 Å². The van der Waals surface area contributed by atoms with Crippen molar-refractivity contribution in [2.45, 2.75) is 42.8 Å². The Morgan fingerprint density at radius 2 is 2.07 bits per heavy atom. The van der Waals surface area contributed by atoms with E-state index in [-0.39, 0.29) is 23.2 Å². The van der Waals surface area contributed by atoms with Crippen molar-refractivity contribution in [3.05, 3.63) is 45.6 Å². The Kier molecular flexibility index (Phi) is 4.70. The quantitative estimate of drug-likeness (QED) is 0.781. The summed E-state index contributed by atoms with van der Waals surface area (Å²) in [6, 6.07) is 6.65. The average Bonchev–Trinajstić information content (AvgIpc) is 3.01. The van der Waals surface area contributed by atoms with Crippen LogP contribution in [0.4, 0.5) is 0 Å². The van der Waals surface area contributed by atoms with E-state index in [2.05, 4.69) is 15.1 Å². The predicted molar refractivity (Wildman–Crippen MR) is 102 cm³/mol. The van der Waals surface area contributed by atoms with Gasteiger partial charge in [0.05, 0.1) is 6.54 Å². The zero-order valence-corrected chi connectivity index (χ0v) is 16.7. The highest BCUT2D eigenvalue weighted by atomic mass is 35.5. The van der Waals surface area contributed by atoms with Crippen molar-refractivity contribution < 1.29 is 13.2 Å². The molecule has 10 heteroatoms. The van der Waals surface area contributed by atoms with Crippen LogP contribution in [-0.2, 0) is 23.0 Å².